The van der Waals surface area contributed by atoms with Gasteiger partial charge in [0.25, 0.3) is 0 Å². The fourth-order valence-corrected chi connectivity index (χ4v) is 2.17. The molecule has 1 aliphatic rings. The van der Waals surface area contributed by atoms with E-state index in [9.17, 15) is 0 Å². The predicted molar refractivity (Wildman–Crippen MR) is 79.1 cm³/mol. The van der Waals surface area contributed by atoms with Gasteiger partial charge in [-0.3, -0.25) is 0 Å². The Hall–Kier alpha value is -1.22. The fourth-order valence-electron chi connectivity index (χ4n) is 2.17. The number of nitrogens with one attached hydrogen (secondary N) is 1. The molecule has 106 valence electrons. The molecule has 0 bridgehead atoms. The third-order valence-corrected chi connectivity index (χ3v) is 3.67. The van der Waals surface area contributed by atoms with Gasteiger partial charge in [-0.15, -0.1) is 0 Å². The molecule has 0 radical (unpaired) electrons. The lowest BCUT2D eigenvalue weighted by Gasteiger charge is -2.38. The molecule has 0 amide bonds. The molecule has 1 saturated heterocycles. The van der Waals surface area contributed by atoms with E-state index in [4.69, 9.17) is 9.47 Å². The van der Waals surface area contributed by atoms with E-state index in [1.807, 2.05) is 6.07 Å². The molecule has 1 heterocycles. The van der Waals surface area contributed by atoms with Crippen LogP contribution in [0.25, 0.3) is 0 Å². The third kappa shape index (κ3) is 3.21. The Morgan fingerprint density at radius 2 is 2.00 bits per heavy atom. The summed E-state index contributed by atoms with van der Waals surface area (Å²) in [6.07, 6.45) is 0. The van der Waals surface area contributed by atoms with Crippen LogP contribution in [0, 0.1) is 5.41 Å². The Balaban J connectivity index is 2.16. The van der Waals surface area contributed by atoms with Gasteiger partial charge in [0.1, 0.15) is 5.75 Å². The highest BCUT2D eigenvalue weighted by molar-refractivity contribution is 5.59. The Morgan fingerprint density at radius 1 is 1.32 bits per heavy atom. The Bertz CT molecular complexity index is 445. The maximum atomic E-state index is 5.44. The minimum absolute atomic E-state index is 0.145. The van der Waals surface area contributed by atoms with Crippen LogP contribution in [0.5, 0.6) is 5.75 Å². The number of anilines is 1. The zero-order valence-electron chi connectivity index (χ0n) is 12.7. The minimum atomic E-state index is 0.145. The second kappa shape index (κ2) is 5.04. The van der Waals surface area contributed by atoms with Gasteiger partial charge in [-0.2, -0.15) is 0 Å². The van der Waals surface area contributed by atoms with Gasteiger partial charge in [0, 0.05) is 12.0 Å². The summed E-state index contributed by atoms with van der Waals surface area (Å²) in [5.74, 6) is 0.900. The van der Waals surface area contributed by atoms with Crippen LogP contribution >= 0.6 is 0 Å². The maximum absolute atomic E-state index is 5.44. The van der Waals surface area contributed by atoms with Gasteiger partial charge >= 0.3 is 0 Å². The van der Waals surface area contributed by atoms with Crippen molar-refractivity contribution in [2.24, 2.45) is 5.41 Å². The van der Waals surface area contributed by atoms with E-state index in [1.165, 1.54) is 5.56 Å². The molecular weight excluding hydrogens is 238 g/mol. The number of hydrogen-bond donors (Lipinski definition) is 1. The summed E-state index contributed by atoms with van der Waals surface area (Å²) in [4.78, 5) is 0. The van der Waals surface area contributed by atoms with Crippen molar-refractivity contribution in [3.8, 4) is 5.75 Å². The number of hydrogen-bond acceptors (Lipinski definition) is 3. The molecule has 0 unspecified atom stereocenters. The average molecular weight is 263 g/mol. The Kier molecular flexibility index (Phi) is 3.77. The zero-order valence-corrected chi connectivity index (χ0v) is 12.7. The molecule has 0 saturated carbocycles. The topological polar surface area (TPSA) is 30.5 Å². The molecule has 0 spiro atoms. The van der Waals surface area contributed by atoms with Crippen molar-refractivity contribution in [2.75, 3.05) is 32.2 Å². The summed E-state index contributed by atoms with van der Waals surface area (Å²) in [6, 6.07) is 6.38. The molecule has 3 nitrogen and oxygen atoms in total. The van der Waals surface area contributed by atoms with Crippen LogP contribution in [0.15, 0.2) is 18.2 Å². The van der Waals surface area contributed by atoms with Crippen molar-refractivity contribution in [1.82, 2.24) is 0 Å². The molecule has 1 aliphatic heterocycles. The van der Waals surface area contributed by atoms with Crippen LogP contribution in [0.3, 0.4) is 0 Å². The van der Waals surface area contributed by atoms with Crippen LogP contribution in [0.2, 0.25) is 0 Å². The summed E-state index contributed by atoms with van der Waals surface area (Å²) >= 11 is 0. The number of rotatable bonds is 4. The predicted octanol–water partition coefficient (Wildman–Crippen LogP) is 3.44. The highest BCUT2D eigenvalue weighted by atomic mass is 16.5. The lowest BCUT2D eigenvalue weighted by molar-refractivity contribution is -0.0924. The van der Waals surface area contributed by atoms with Crippen molar-refractivity contribution >= 4 is 5.69 Å². The first kappa shape index (κ1) is 14.2. The van der Waals surface area contributed by atoms with E-state index in [-0.39, 0.29) is 10.8 Å². The van der Waals surface area contributed by atoms with Gasteiger partial charge in [0.15, 0.2) is 0 Å². The summed E-state index contributed by atoms with van der Waals surface area (Å²) < 4.78 is 10.7. The van der Waals surface area contributed by atoms with Crippen LogP contribution < -0.4 is 10.1 Å². The molecule has 1 N–H and O–H groups in total. The summed E-state index contributed by atoms with van der Waals surface area (Å²) in [5, 5.41) is 3.51. The van der Waals surface area contributed by atoms with Gasteiger partial charge in [-0.1, -0.05) is 33.8 Å². The maximum Gasteiger partial charge on any atom is 0.141 e. The molecule has 0 aliphatic carbocycles. The highest BCUT2D eigenvalue weighted by Crippen LogP contribution is 2.33. The van der Waals surface area contributed by atoms with Crippen molar-refractivity contribution in [3.63, 3.8) is 0 Å². The third-order valence-electron chi connectivity index (χ3n) is 3.67. The van der Waals surface area contributed by atoms with Crippen LogP contribution in [-0.4, -0.2) is 26.9 Å². The molecule has 1 aromatic carbocycles. The number of benzene rings is 1. The standard InChI is InChI=1S/C16H25NO2/c1-15(2,3)12-6-7-14(18-5)13(8-12)17-9-16(4)10-19-11-16/h6-8,17H,9-11H2,1-5H3. The first-order valence-corrected chi connectivity index (χ1v) is 6.84. The number of methoxy groups -OCH3 is 1. The van der Waals surface area contributed by atoms with Crippen molar-refractivity contribution in [3.05, 3.63) is 23.8 Å². The Labute approximate surface area is 116 Å². The zero-order chi connectivity index (χ0) is 14.1. The smallest absolute Gasteiger partial charge is 0.141 e. The highest BCUT2D eigenvalue weighted by Gasteiger charge is 2.33. The molecule has 3 heteroatoms. The first-order chi connectivity index (χ1) is 8.84. The van der Waals surface area contributed by atoms with Gasteiger partial charge in [0.2, 0.25) is 0 Å². The summed E-state index contributed by atoms with van der Waals surface area (Å²) in [7, 11) is 1.71. The monoisotopic (exact) mass is 263 g/mol. The summed E-state index contributed by atoms with van der Waals surface area (Å²) in [6.45, 7) is 11.5. The van der Waals surface area contributed by atoms with E-state index < -0.39 is 0 Å². The average Bonchev–Trinajstić information content (AvgIpc) is 2.32. The van der Waals surface area contributed by atoms with E-state index >= 15 is 0 Å². The van der Waals surface area contributed by atoms with Gasteiger partial charge in [-0.05, 0) is 23.1 Å². The second-order valence-electron chi connectivity index (χ2n) is 6.82. The van der Waals surface area contributed by atoms with Gasteiger partial charge in [0.05, 0.1) is 26.0 Å². The van der Waals surface area contributed by atoms with Crippen LogP contribution in [-0.2, 0) is 10.2 Å². The largest absolute Gasteiger partial charge is 0.495 e. The molecular formula is C16H25NO2. The quantitative estimate of drug-likeness (QED) is 0.902. The van der Waals surface area contributed by atoms with E-state index in [0.29, 0.717) is 0 Å². The van der Waals surface area contributed by atoms with Crippen LogP contribution in [0.1, 0.15) is 33.3 Å². The van der Waals surface area contributed by atoms with Gasteiger partial charge < -0.3 is 14.8 Å². The second-order valence-corrected chi connectivity index (χ2v) is 6.82. The normalized spacial score (nSPS) is 17.7. The molecule has 2 rings (SSSR count). The fraction of sp³-hybridized carbons (Fsp3) is 0.625. The van der Waals surface area contributed by atoms with Gasteiger partial charge in [-0.25, -0.2) is 0 Å². The van der Waals surface area contributed by atoms with Crippen molar-refractivity contribution in [2.45, 2.75) is 33.1 Å². The van der Waals surface area contributed by atoms with E-state index in [1.54, 1.807) is 7.11 Å². The molecule has 19 heavy (non-hydrogen) atoms. The lowest BCUT2D eigenvalue weighted by Crippen LogP contribution is -2.45. The van der Waals surface area contributed by atoms with E-state index in [2.05, 4.69) is 45.1 Å². The minimum Gasteiger partial charge on any atom is -0.495 e. The molecule has 1 fully saturated rings. The van der Waals surface area contributed by atoms with Crippen molar-refractivity contribution < 1.29 is 9.47 Å². The van der Waals surface area contributed by atoms with E-state index in [0.717, 1.165) is 31.2 Å². The molecule has 0 atom stereocenters. The van der Waals surface area contributed by atoms with Crippen LogP contribution in [0.4, 0.5) is 5.69 Å². The number of ether oxygens (including phenoxy) is 2. The Morgan fingerprint density at radius 3 is 2.47 bits per heavy atom. The first-order valence-electron chi connectivity index (χ1n) is 6.84. The SMILES string of the molecule is COc1ccc(C(C)(C)C)cc1NCC1(C)COC1. The lowest BCUT2D eigenvalue weighted by atomic mass is 9.86. The molecule has 0 aromatic heterocycles. The summed E-state index contributed by atoms with van der Waals surface area (Å²) in [5.41, 5.74) is 2.78. The molecule has 1 aromatic rings. The van der Waals surface area contributed by atoms with Crippen molar-refractivity contribution in [1.29, 1.82) is 0 Å².